The van der Waals surface area contributed by atoms with Gasteiger partial charge in [0, 0.05) is 11.1 Å². The van der Waals surface area contributed by atoms with Gasteiger partial charge in [0.1, 0.15) is 5.69 Å². The molecule has 2 heterocycles. The Balaban J connectivity index is 1.38. The van der Waals surface area contributed by atoms with Crippen molar-refractivity contribution < 1.29 is 4.79 Å². The van der Waals surface area contributed by atoms with Crippen LogP contribution in [-0.2, 0) is 0 Å². The molecule has 2 aromatic heterocycles. The van der Waals surface area contributed by atoms with Crippen molar-refractivity contribution in [2.45, 2.75) is 20.8 Å². The second-order valence-corrected chi connectivity index (χ2v) is 8.12. The lowest BCUT2D eigenvalue weighted by molar-refractivity contribution is 0.0950. The van der Waals surface area contributed by atoms with Crippen LogP contribution < -0.4 is 5.43 Å². The van der Waals surface area contributed by atoms with E-state index in [0.717, 1.165) is 44.7 Å². The highest BCUT2D eigenvalue weighted by atomic mass is 16.2. The number of carbonyl (C=O) groups excluding carboxylic acids is 1. The Morgan fingerprint density at radius 3 is 2.53 bits per heavy atom. The van der Waals surface area contributed by atoms with Gasteiger partial charge in [-0.05, 0) is 49.7 Å². The molecule has 0 radical (unpaired) electrons. The first-order valence-corrected chi connectivity index (χ1v) is 11.0. The Kier molecular flexibility index (Phi) is 5.51. The van der Waals surface area contributed by atoms with E-state index >= 15 is 0 Å². The molecule has 3 aromatic carbocycles. The minimum atomic E-state index is -0.357. The predicted octanol–water partition coefficient (Wildman–Crippen LogP) is 5.19. The number of nitrogens with one attached hydrogen (secondary N) is 2. The number of nitrogens with zero attached hydrogens (tertiary/aromatic N) is 4. The molecular weight excluding hydrogens is 424 g/mol. The van der Waals surface area contributed by atoms with Gasteiger partial charge < -0.3 is 0 Å². The van der Waals surface area contributed by atoms with Crippen LogP contribution in [0.1, 0.15) is 34.4 Å². The van der Waals surface area contributed by atoms with Gasteiger partial charge in [-0.15, -0.1) is 0 Å². The number of hydrogen-bond donors (Lipinski definition) is 2. The van der Waals surface area contributed by atoms with Crippen molar-refractivity contribution in [3.8, 4) is 16.9 Å². The quantitative estimate of drug-likeness (QED) is 0.287. The largest absolute Gasteiger partial charge is 0.289 e. The Morgan fingerprint density at radius 1 is 0.971 bits per heavy atom. The number of para-hydroxylation sites is 1. The van der Waals surface area contributed by atoms with Crippen molar-refractivity contribution >= 4 is 22.4 Å². The zero-order valence-electron chi connectivity index (χ0n) is 19.2. The van der Waals surface area contributed by atoms with Crippen molar-refractivity contribution in [1.29, 1.82) is 0 Å². The lowest BCUT2D eigenvalue weighted by atomic mass is 10.0. The van der Waals surface area contributed by atoms with Crippen LogP contribution in [0, 0.1) is 13.8 Å². The predicted molar refractivity (Wildman–Crippen MR) is 134 cm³/mol. The fraction of sp³-hybridized carbons (Fsp3) is 0.111. The van der Waals surface area contributed by atoms with Crippen LogP contribution in [-0.4, -0.2) is 31.6 Å². The number of fused-ring (bicyclic) bond motifs is 1. The van der Waals surface area contributed by atoms with Crippen LogP contribution >= 0.6 is 0 Å². The molecule has 34 heavy (non-hydrogen) atoms. The summed E-state index contributed by atoms with van der Waals surface area (Å²) >= 11 is 0. The molecule has 7 heteroatoms. The second kappa shape index (κ2) is 8.78. The highest BCUT2D eigenvalue weighted by molar-refractivity contribution is 6.10. The fourth-order valence-corrected chi connectivity index (χ4v) is 4.20. The first kappa shape index (κ1) is 21.3. The number of hydrazone groups is 1. The molecule has 0 saturated heterocycles. The van der Waals surface area contributed by atoms with Gasteiger partial charge in [-0.1, -0.05) is 60.7 Å². The van der Waals surface area contributed by atoms with E-state index in [1.807, 2.05) is 86.1 Å². The van der Waals surface area contributed by atoms with Crippen LogP contribution in [0.15, 0.2) is 84.0 Å². The van der Waals surface area contributed by atoms with Crippen LogP contribution in [0.4, 0.5) is 0 Å². The van der Waals surface area contributed by atoms with Gasteiger partial charge in [0.2, 0.25) is 0 Å². The molecule has 5 rings (SSSR count). The summed E-state index contributed by atoms with van der Waals surface area (Å²) in [4.78, 5) is 12.8. The summed E-state index contributed by atoms with van der Waals surface area (Å²) in [6, 6.07) is 25.8. The van der Waals surface area contributed by atoms with E-state index in [1.165, 1.54) is 0 Å². The molecule has 0 spiro atoms. The molecule has 0 bridgehead atoms. The summed E-state index contributed by atoms with van der Waals surface area (Å²) in [6.45, 7) is 5.81. The molecule has 0 aliphatic heterocycles. The molecule has 2 N–H and O–H groups in total. The van der Waals surface area contributed by atoms with Gasteiger partial charge in [0.25, 0.3) is 5.91 Å². The second-order valence-electron chi connectivity index (χ2n) is 8.12. The third-order valence-corrected chi connectivity index (χ3v) is 5.88. The summed E-state index contributed by atoms with van der Waals surface area (Å²) in [6.07, 6.45) is 0. The van der Waals surface area contributed by atoms with Crippen LogP contribution in [0.25, 0.3) is 27.7 Å². The molecule has 0 atom stereocenters. The number of hydrogen-bond acceptors (Lipinski definition) is 4. The number of carbonyl (C=O) groups is 1. The molecule has 0 unspecified atom stereocenters. The average molecular weight is 449 g/mol. The van der Waals surface area contributed by atoms with E-state index in [1.54, 1.807) is 6.07 Å². The summed E-state index contributed by atoms with van der Waals surface area (Å²) in [5.74, 6) is -0.357. The van der Waals surface area contributed by atoms with Crippen molar-refractivity contribution in [3.05, 3.63) is 102 Å². The summed E-state index contributed by atoms with van der Waals surface area (Å²) in [5.41, 5.74) is 8.99. The number of amides is 1. The van der Waals surface area contributed by atoms with E-state index in [9.17, 15) is 4.79 Å². The zero-order valence-corrected chi connectivity index (χ0v) is 19.2. The summed E-state index contributed by atoms with van der Waals surface area (Å²) < 4.78 is 1.89. The molecule has 0 aliphatic rings. The van der Waals surface area contributed by atoms with Crippen LogP contribution in [0.2, 0.25) is 0 Å². The molecular formula is C27H24N6O. The van der Waals surface area contributed by atoms with Gasteiger partial charge in [-0.3, -0.25) is 9.89 Å². The number of H-pyrrole nitrogens is 1. The van der Waals surface area contributed by atoms with Gasteiger partial charge in [0.05, 0.1) is 28.5 Å². The first-order chi connectivity index (χ1) is 16.5. The Bertz CT molecular complexity index is 1520. The smallest absolute Gasteiger partial charge is 0.272 e. The van der Waals surface area contributed by atoms with Crippen molar-refractivity contribution in [1.82, 2.24) is 25.4 Å². The van der Waals surface area contributed by atoms with E-state index in [-0.39, 0.29) is 5.91 Å². The summed E-state index contributed by atoms with van der Waals surface area (Å²) in [7, 11) is 0. The third-order valence-electron chi connectivity index (χ3n) is 5.88. The highest BCUT2D eigenvalue weighted by Crippen LogP contribution is 2.27. The van der Waals surface area contributed by atoms with E-state index < -0.39 is 0 Å². The van der Waals surface area contributed by atoms with E-state index in [2.05, 4.69) is 38.0 Å². The maximum Gasteiger partial charge on any atom is 0.289 e. The van der Waals surface area contributed by atoms with Crippen LogP contribution in [0.3, 0.4) is 0 Å². The molecule has 7 nitrogen and oxygen atoms in total. The average Bonchev–Trinajstić information content (AvgIpc) is 3.46. The van der Waals surface area contributed by atoms with Gasteiger partial charge >= 0.3 is 0 Å². The number of aromatic amines is 1. The fourth-order valence-electron chi connectivity index (χ4n) is 4.20. The first-order valence-electron chi connectivity index (χ1n) is 11.0. The lowest BCUT2D eigenvalue weighted by Crippen LogP contribution is -2.19. The van der Waals surface area contributed by atoms with Crippen LogP contribution in [0.5, 0.6) is 0 Å². The number of rotatable bonds is 5. The van der Waals surface area contributed by atoms with Crippen molar-refractivity contribution in [2.24, 2.45) is 5.10 Å². The topological polar surface area (TPSA) is 88.0 Å². The van der Waals surface area contributed by atoms with E-state index in [0.29, 0.717) is 11.4 Å². The number of aryl methyl sites for hydroxylation is 1. The molecule has 0 saturated carbocycles. The van der Waals surface area contributed by atoms with Gasteiger partial charge in [0.15, 0.2) is 0 Å². The zero-order chi connectivity index (χ0) is 23.7. The summed E-state index contributed by atoms with van der Waals surface area (Å²) in [5, 5.41) is 18.4. The van der Waals surface area contributed by atoms with Crippen molar-refractivity contribution in [3.63, 3.8) is 0 Å². The maximum absolute atomic E-state index is 12.8. The Hall–Kier alpha value is -4.52. The highest BCUT2D eigenvalue weighted by Gasteiger charge is 2.19. The van der Waals surface area contributed by atoms with E-state index in [4.69, 9.17) is 0 Å². The minimum Gasteiger partial charge on any atom is -0.272 e. The molecule has 0 aliphatic carbocycles. The monoisotopic (exact) mass is 448 g/mol. The van der Waals surface area contributed by atoms with Gasteiger partial charge in [-0.25, -0.2) is 10.1 Å². The minimum absolute atomic E-state index is 0.329. The SMILES string of the molecule is C/C(=N/NC(=O)c1cc(-c2c(C)nn(-c3ccccc3)c2C)n[nH]1)c1cccc2ccccc12. The lowest BCUT2D eigenvalue weighted by Gasteiger charge is -2.06. The van der Waals surface area contributed by atoms with Gasteiger partial charge in [-0.2, -0.15) is 15.3 Å². The molecule has 5 aromatic rings. The molecule has 0 fully saturated rings. The Morgan fingerprint density at radius 2 is 1.71 bits per heavy atom. The number of benzene rings is 3. The van der Waals surface area contributed by atoms with Crippen molar-refractivity contribution in [2.75, 3.05) is 0 Å². The normalized spacial score (nSPS) is 11.7. The standard InChI is InChI=1S/C27H24N6O/c1-17(22-15-9-11-20-10-7-8-14-23(20)22)28-31-27(34)25-16-24(29-30-25)26-18(2)32-33(19(26)3)21-12-5-4-6-13-21/h4-16H,1-3H3,(H,29,30)(H,31,34)/b28-17-. The molecule has 168 valence electrons. The maximum atomic E-state index is 12.8. The Labute approximate surface area is 197 Å². The number of aromatic nitrogens is 4. The molecule has 1 amide bonds. The third kappa shape index (κ3) is 3.88.